The maximum absolute atomic E-state index is 11.7. The van der Waals surface area contributed by atoms with Gasteiger partial charge in [0, 0.05) is 19.5 Å². The molecule has 0 aromatic carbocycles. The van der Waals surface area contributed by atoms with Crippen molar-refractivity contribution < 1.29 is 9.53 Å². The van der Waals surface area contributed by atoms with Crippen molar-refractivity contribution in [3.63, 3.8) is 0 Å². The van der Waals surface area contributed by atoms with E-state index in [-0.39, 0.29) is 18.6 Å². The molecule has 1 heterocycles. The molecule has 0 aliphatic carbocycles. The lowest BCUT2D eigenvalue weighted by atomic mass is 10.1. The molecule has 2 unspecified atom stereocenters. The van der Waals surface area contributed by atoms with Gasteiger partial charge < -0.3 is 15.8 Å². The van der Waals surface area contributed by atoms with Gasteiger partial charge in [0.2, 0.25) is 5.91 Å². The largest absolute Gasteiger partial charge is 0.383 e. The number of pyridine rings is 1. The fraction of sp³-hybridized carbons (Fsp3) is 0.500. The minimum atomic E-state index is -0.629. The predicted octanol–water partition coefficient (Wildman–Crippen LogP) is 0.623. The first-order valence-corrected chi connectivity index (χ1v) is 5.63. The van der Waals surface area contributed by atoms with Crippen LogP contribution in [0.3, 0.4) is 0 Å². The lowest BCUT2D eigenvalue weighted by Crippen LogP contribution is -2.44. The van der Waals surface area contributed by atoms with E-state index in [4.69, 9.17) is 10.5 Å². The molecule has 0 fully saturated rings. The second-order valence-corrected chi connectivity index (χ2v) is 3.81. The van der Waals surface area contributed by atoms with Gasteiger partial charge in [-0.15, -0.1) is 0 Å². The second kappa shape index (κ2) is 6.98. The summed E-state index contributed by atoms with van der Waals surface area (Å²) in [6.07, 6.45) is 4.22. The van der Waals surface area contributed by atoms with Crippen molar-refractivity contribution in [3.05, 3.63) is 30.1 Å². The molecule has 1 rings (SSSR count). The van der Waals surface area contributed by atoms with Crippen molar-refractivity contribution in [1.82, 2.24) is 10.3 Å². The Morgan fingerprint density at radius 2 is 2.18 bits per heavy atom. The molecule has 1 amide bonds. The standard InChI is InChI=1S/C12H19N3O2/c1-3-11(9-4-6-14-7-5-9)15-12(16)10(13)8-17-2/h4-7,10-11H,3,8,13H2,1-2H3,(H,15,16). The fourth-order valence-electron chi connectivity index (χ4n) is 1.55. The molecule has 0 radical (unpaired) electrons. The molecule has 3 N–H and O–H groups in total. The van der Waals surface area contributed by atoms with E-state index in [1.54, 1.807) is 12.4 Å². The Kier molecular flexibility index (Phi) is 5.59. The van der Waals surface area contributed by atoms with E-state index >= 15 is 0 Å². The summed E-state index contributed by atoms with van der Waals surface area (Å²) in [5.41, 5.74) is 6.69. The number of hydrogen-bond donors (Lipinski definition) is 2. The Morgan fingerprint density at radius 3 is 2.71 bits per heavy atom. The van der Waals surface area contributed by atoms with Crippen LogP contribution in [-0.4, -0.2) is 30.6 Å². The zero-order chi connectivity index (χ0) is 12.7. The van der Waals surface area contributed by atoms with Crippen LogP contribution in [0.2, 0.25) is 0 Å². The molecule has 5 heteroatoms. The monoisotopic (exact) mass is 237 g/mol. The van der Waals surface area contributed by atoms with Crippen LogP contribution in [-0.2, 0) is 9.53 Å². The van der Waals surface area contributed by atoms with Gasteiger partial charge in [0.1, 0.15) is 6.04 Å². The first kappa shape index (κ1) is 13.6. The van der Waals surface area contributed by atoms with Gasteiger partial charge in [-0.1, -0.05) is 6.92 Å². The van der Waals surface area contributed by atoms with Crippen LogP contribution >= 0.6 is 0 Å². The number of amides is 1. The Balaban J connectivity index is 2.62. The maximum Gasteiger partial charge on any atom is 0.239 e. The van der Waals surface area contributed by atoms with Gasteiger partial charge in [-0.2, -0.15) is 0 Å². The van der Waals surface area contributed by atoms with Crippen molar-refractivity contribution in [2.75, 3.05) is 13.7 Å². The highest BCUT2D eigenvalue weighted by Gasteiger charge is 2.17. The van der Waals surface area contributed by atoms with E-state index in [9.17, 15) is 4.79 Å². The molecule has 0 saturated carbocycles. The molecule has 2 atom stereocenters. The van der Waals surface area contributed by atoms with Crippen molar-refractivity contribution >= 4 is 5.91 Å². The summed E-state index contributed by atoms with van der Waals surface area (Å²) in [4.78, 5) is 15.7. The Hall–Kier alpha value is -1.46. The third-order valence-corrected chi connectivity index (χ3v) is 2.52. The number of methoxy groups -OCH3 is 1. The summed E-state index contributed by atoms with van der Waals surface area (Å²) >= 11 is 0. The van der Waals surface area contributed by atoms with Crippen molar-refractivity contribution in [2.45, 2.75) is 25.4 Å². The fourth-order valence-corrected chi connectivity index (χ4v) is 1.55. The number of ether oxygens (including phenoxy) is 1. The van der Waals surface area contributed by atoms with E-state index in [1.165, 1.54) is 7.11 Å². The average Bonchev–Trinajstić information content (AvgIpc) is 2.37. The highest BCUT2D eigenvalue weighted by atomic mass is 16.5. The third kappa shape index (κ3) is 4.13. The van der Waals surface area contributed by atoms with Crippen molar-refractivity contribution in [1.29, 1.82) is 0 Å². The molecular formula is C12H19N3O2. The van der Waals surface area contributed by atoms with Crippen LogP contribution in [0, 0.1) is 0 Å². The van der Waals surface area contributed by atoms with E-state index in [0.29, 0.717) is 0 Å². The van der Waals surface area contributed by atoms with Crippen LogP contribution in [0.4, 0.5) is 0 Å². The zero-order valence-electron chi connectivity index (χ0n) is 10.2. The molecule has 1 aromatic heterocycles. The Bertz CT molecular complexity index is 343. The highest BCUT2D eigenvalue weighted by molar-refractivity contribution is 5.82. The molecule has 0 spiro atoms. The molecule has 17 heavy (non-hydrogen) atoms. The van der Waals surface area contributed by atoms with Gasteiger partial charge >= 0.3 is 0 Å². The molecular weight excluding hydrogens is 218 g/mol. The van der Waals surface area contributed by atoms with E-state index in [2.05, 4.69) is 10.3 Å². The molecule has 0 aliphatic rings. The average molecular weight is 237 g/mol. The van der Waals surface area contributed by atoms with Gasteiger partial charge in [0.25, 0.3) is 0 Å². The normalized spacial score (nSPS) is 14.1. The minimum Gasteiger partial charge on any atom is -0.383 e. The zero-order valence-corrected chi connectivity index (χ0v) is 10.2. The number of aromatic nitrogens is 1. The van der Waals surface area contributed by atoms with Crippen molar-refractivity contribution in [2.24, 2.45) is 5.73 Å². The van der Waals surface area contributed by atoms with Crippen LogP contribution in [0.1, 0.15) is 24.9 Å². The summed E-state index contributed by atoms with van der Waals surface area (Å²) in [5, 5.41) is 2.90. The Labute approximate surface area is 101 Å². The molecule has 94 valence electrons. The van der Waals surface area contributed by atoms with Gasteiger partial charge in [-0.3, -0.25) is 9.78 Å². The smallest absolute Gasteiger partial charge is 0.239 e. The molecule has 5 nitrogen and oxygen atoms in total. The van der Waals surface area contributed by atoms with Crippen LogP contribution < -0.4 is 11.1 Å². The number of rotatable bonds is 6. The third-order valence-electron chi connectivity index (χ3n) is 2.52. The predicted molar refractivity (Wildman–Crippen MR) is 65.3 cm³/mol. The van der Waals surface area contributed by atoms with Crippen LogP contribution in [0.25, 0.3) is 0 Å². The number of carbonyl (C=O) groups is 1. The molecule has 0 saturated heterocycles. The number of nitrogens with two attached hydrogens (primary N) is 1. The first-order chi connectivity index (χ1) is 8.19. The van der Waals surface area contributed by atoms with Gasteiger partial charge in [0.05, 0.1) is 12.6 Å². The van der Waals surface area contributed by atoms with E-state index in [0.717, 1.165) is 12.0 Å². The minimum absolute atomic E-state index is 0.0339. The van der Waals surface area contributed by atoms with Crippen molar-refractivity contribution in [3.8, 4) is 0 Å². The Morgan fingerprint density at radius 1 is 1.53 bits per heavy atom. The first-order valence-electron chi connectivity index (χ1n) is 5.63. The van der Waals surface area contributed by atoms with E-state index < -0.39 is 6.04 Å². The van der Waals surface area contributed by atoms with Crippen LogP contribution in [0.15, 0.2) is 24.5 Å². The summed E-state index contributed by atoms with van der Waals surface area (Å²) < 4.78 is 4.85. The van der Waals surface area contributed by atoms with Gasteiger partial charge in [-0.05, 0) is 24.1 Å². The summed E-state index contributed by atoms with van der Waals surface area (Å²) in [5.74, 6) is -0.199. The number of carbonyl (C=O) groups excluding carboxylic acids is 1. The summed E-state index contributed by atoms with van der Waals surface area (Å²) in [7, 11) is 1.52. The van der Waals surface area contributed by atoms with Crippen LogP contribution in [0.5, 0.6) is 0 Å². The lowest BCUT2D eigenvalue weighted by molar-refractivity contribution is -0.124. The molecule has 1 aromatic rings. The number of nitrogens with one attached hydrogen (secondary N) is 1. The number of hydrogen-bond acceptors (Lipinski definition) is 4. The highest BCUT2D eigenvalue weighted by Crippen LogP contribution is 2.15. The lowest BCUT2D eigenvalue weighted by Gasteiger charge is -2.19. The quantitative estimate of drug-likeness (QED) is 0.760. The summed E-state index contributed by atoms with van der Waals surface area (Å²) in [6, 6.07) is 3.11. The number of nitrogens with zero attached hydrogens (tertiary/aromatic N) is 1. The topological polar surface area (TPSA) is 77.2 Å². The van der Waals surface area contributed by atoms with Gasteiger partial charge in [0.15, 0.2) is 0 Å². The molecule has 0 bridgehead atoms. The van der Waals surface area contributed by atoms with E-state index in [1.807, 2.05) is 19.1 Å². The SMILES string of the molecule is CCC(NC(=O)C(N)COC)c1ccncc1. The molecule has 0 aliphatic heterocycles. The summed E-state index contributed by atoms with van der Waals surface area (Å²) in [6.45, 7) is 2.23. The second-order valence-electron chi connectivity index (χ2n) is 3.81. The van der Waals surface area contributed by atoms with Gasteiger partial charge in [-0.25, -0.2) is 0 Å². The maximum atomic E-state index is 11.7.